The van der Waals surface area contributed by atoms with Gasteiger partial charge in [-0.05, 0) is 18.2 Å². The molecule has 6 nitrogen and oxygen atoms in total. The Hall–Kier alpha value is -1.99. The second-order valence-corrected chi connectivity index (χ2v) is 4.67. The van der Waals surface area contributed by atoms with E-state index in [9.17, 15) is 14.0 Å². The lowest BCUT2D eigenvalue weighted by atomic mass is 10.1. The summed E-state index contributed by atoms with van der Waals surface area (Å²) >= 11 is 0. The number of benzene rings is 1. The van der Waals surface area contributed by atoms with Gasteiger partial charge in [0.15, 0.2) is 6.04 Å². The fraction of sp³-hybridized carbons (Fsp3) is 0.429. The van der Waals surface area contributed by atoms with Crippen LogP contribution < -0.4 is 0 Å². The maximum atomic E-state index is 13.5. The number of aliphatic carboxylic acids is 1. The van der Waals surface area contributed by atoms with Crippen molar-refractivity contribution in [3.05, 3.63) is 35.1 Å². The van der Waals surface area contributed by atoms with Crippen LogP contribution in [0.4, 0.5) is 4.39 Å². The summed E-state index contributed by atoms with van der Waals surface area (Å²) in [6.45, 7) is 0.458. The molecule has 21 heavy (non-hydrogen) atoms. The third-order valence-electron chi connectivity index (χ3n) is 3.27. The van der Waals surface area contributed by atoms with E-state index in [0.717, 1.165) is 0 Å². The molecule has 0 radical (unpaired) electrons. The molecule has 1 fully saturated rings. The Morgan fingerprint density at radius 3 is 2.95 bits per heavy atom. The molecule has 1 N–H and O–H groups in total. The minimum atomic E-state index is -1.12. The number of carboxylic acids is 1. The van der Waals surface area contributed by atoms with Gasteiger partial charge in [0.1, 0.15) is 5.82 Å². The Kier molecular flexibility index (Phi) is 4.87. The number of nitrogens with zero attached hydrogens (tertiary/aromatic N) is 1. The van der Waals surface area contributed by atoms with Crippen molar-refractivity contribution < 1.29 is 28.6 Å². The zero-order valence-electron chi connectivity index (χ0n) is 11.5. The van der Waals surface area contributed by atoms with Gasteiger partial charge in [0, 0.05) is 24.8 Å². The number of methoxy groups -OCH3 is 1. The largest absolute Gasteiger partial charge is 0.480 e. The van der Waals surface area contributed by atoms with Crippen molar-refractivity contribution in [1.29, 1.82) is 0 Å². The van der Waals surface area contributed by atoms with Gasteiger partial charge < -0.3 is 19.5 Å². The topological polar surface area (TPSA) is 76.1 Å². The highest BCUT2D eigenvalue weighted by Gasteiger charge is 2.33. The first kappa shape index (κ1) is 15.4. The van der Waals surface area contributed by atoms with Crippen molar-refractivity contribution in [3.63, 3.8) is 0 Å². The number of hydrogen-bond donors (Lipinski definition) is 1. The molecule has 1 atom stereocenters. The van der Waals surface area contributed by atoms with Gasteiger partial charge in [0.25, 0.3) is 5.91 Å². The number of carbonyl (C=O) groups excluding carboxylic acids is 1. The molecule has 114 valence electrons. The van der Waals surface area contributed by atoms with Crippen LogP contribution in [0.2, 0.25) is 0 Å². The summed E-state index contributed by atoms with van der Waals surface area (Å²) in [4.78, 5) is 24.8. The molecule has 0 spiro atoms. The number of hydrogen-bond acceptors (Lipinski definition) is 4. The summed E-state index contributed by atoms with van der Waals surface area (Å²) in [5.74, 6) is -2.05. The molecule has 0 saturated carbocycles. The highest BCUT2D eigenvalue weighted by molar-refractivity contribution is 5.97. The third kappa shape index (κ3) is 3.37. The van der Waals surface area contributed by atoms with Crippen LogP contribution in [-0.2, 0) is 20.9 Å². The number of amides is 1. The second kappa shape index (κ2) is 6.64. The van der Waals surface area contributed by atoms with E-state index in [-0.39, 0.29) is 37.5 Å². The summed E-state index contributed by atoms with van der Waals surface area (Å²) in [5.41, 5.74) is 0.486. The average molecular weight is 297 g/mol. The van der Waals surface area contributed by atoms with Gasteiger partial charge in [-0.2, -0.15) is 0 Å². The molecule has 1 aliphatic heterocycles. The summed E-state index contributed by atoms with van der Waals surface area (Å²) in [6.07, 6.45) is 0. The number of rotatable bonds is 4. The van der Waals surface area contributed by atoms with Gasteiger partial charge in [-0.25, -0.2) is 9.18 Å². The molecule has 0 unspecified atom stereocenters. The number of halogens is 1. The molecule has 1 amide bonds. The predicted molar refractivity (Wildman–Crippen MR) is 70.4 cm³/mol. The van der Waals surface area contributed by atoms with Crippen LogP contribution in [0.25, 0.3) is 0 Å². The molecule has 1 heterocycles. The molecule has 0 aromatic heterocycles. The van der Waals surface area contributed by atoms with Gasteiger partial charge in [-0.3, -0.25) is 4.79 Å². The number of carboxylic acid groups (broad SMARTS) is 1. The van der Waals surface area contributed by atoms with E-state index in [1.54, 1.807) is 0 Å². The molecule has 0 bridgehead atoms. The summed E-state index contributed by atoms with van der Waals surface area (Å²) in [5, 5.41) is 9.13. The van der Waals surface area contributed by atoms with Crippen LogP contribution in [0.5, 0.6) is 0 Å². The molecule has 0 aliphatic carbocycles. The van der Waals surface area contributed by atoms with E-state index in [1.165, 1.54) is 30.2 Å². The zero-order valence-corrected chi connectivity index (χ0v) is 11.5. The minimum Gasteiger partial charge on any atom is -0.480 e. The first-order valence-electron chi connectivity index (χ1n) is 6.43. The Balaban J connectivity index is 2.25. The third-order valence-corrected chi connectivity index (χ3v) is 3.27. The van der Waals surface area contributed by atoms with Crippen molar-refractivity contribution in [3.8, 4) is 0 Å². The number of carbonyl (C=O) groups is 2. The maximum Gasteiger partial charge on any atom is 0.328 e. The average Bonchev–Trinajstić information content (AvgIpc) is 2.49. The first-order chi connectivity index (χ1) is 10.0. The Morgan fingerprint density at radius 1 is 1.52 bits per heavy atom. The maximum absolute atomic E-state index is 13.5. The monoisotopic (exact) mass is 297 g/mol. The van der Waals surface area contributed by atoms with E-state index in [2.05, 4.69) is 0 Å². The van der Waals surface area contributed by atoms with Crippen LogP contribution in [0.15, 0.2) is 18.2 Å². The van der Waals surface area contributed by atoms with Gasteiger partial charge >= 0.3 is 5.97 Å². The molecule has 1 aromatic rings. The Labute approximate surface area is 121 Å². The van der Waals surface area contributed by atoms with Crippen molar-refractivity contribution in [2.45, 2.75) is 12.6 Å². The number of morpholine rings is 1. The lowest BCUT2D eigenvalue weighted by molar-refractivity contribution is -0.147. The molecule has 1 saturated heterocycles. The zero-order chi connectivity index (χ0) is 15.4. The second-order valence-electron chi connectivity index (χ2n) is 4.67. The lowest BCUT2D eigenvalue weighted by Crippen LogP contribution is -2.52. The van der Waals surface area contributed by atoms with Gasteiger partial charge in [-0.15, -0.1) is 0 Å². The van der Waals surface area contributed by atoms with Crippen LogP contribution in [0.1, 0.15) is 15.9 Å². The lowest BCUT2D eigenvalue weighted by Gasteiger charge is -2.33. The molecule has 7 heteroatoms. The van der Waals surface area contributed by atoms with E-state index >= 15 is 0 Å². The molecular weight excluding hydrogens is 281 g/mol. The van der Waals surface area contributed by atoms with E-state index < -0.39 is 23.7 Å². The summed E-state index contributed by atoms with van der Waals surface area (Å²) in [7, 11) is 1.43. The summed E-state index contributed by atoms with van der Waals surface area (Å²) in [6, 6.07) is 2.88. The van der Waals surface area contributed by atoms with Crippen molar-refractivity contribution in [1.82, 2.24) is 4.90 Å². The van der Waals surface area contributed by atoms with Crippen molar-refractivity contribution in [2.75, 3.05) is 26.9 Å². The van der Waals surface area contributed by atoms with Crippen LogP contribution >= 0.6 is 0 Å². The van der Waals surface area contributed by atoms with E-state index in [1.807, 2.05) is 0 Å². The van der Waals surface area contributed by atoms with Crippen LogP contribution in [-0.4, -0.2) is 54.8 Å². The van der Waals surface area contributed by atoms with Gasteiger partial charge in [0.05, 0.1) is 19.8 Å². The van der Waals surface area contributed by atoms with Crippen molar-refractivity contribution >= 4 is 11.9 Å². The normalized spacial score (nSPS) is 18.6. The van der Waals surface area contributed by atoms with Crippen LogP contribution in [0, 0.1) is 5.82 Å². The van der Waals surface area contributed by atoms with Crippen molar-refractivity contribution in [2.24, 2.45) is 0 Å². The standard InChI is InChI=1S/C14H16FNO5/c1-20-7-10-6-9(2-3-11(10)15)13(17)16-4-5-21-8-12(16)14(18)19/h2-3,6,12H,4-5,7-8H2,1H3,(H,18,19)/t12-/m1/s1. The SMILES string of the molecule is COCc1cc(C(=O)N2CCOC[C@@H]2C(=O)O)ccc1F. The Bertz CT molecular complexity index is 548. The predicted octanol–water partition coefficient (Wildman–Crippen LogP) is 0.898. The molecule has 2 rings (SSSR count). The molecule has 1 aromatic carbocycles. The van der Waals surface area contributed by atoms with Gasteiger partial charge in [-0.1, -0.05) is 0 Å². The molecule has 1 aliphatic rings. The Morgan fingerprint density at radius 2 is 2.29 bits per heavy atom. The van der Waals surface area contributed by atoms with Crippen LogP contribution in [0.3, 0.4) is 0 Å². The van der Waals surface area contributed by atoms with Gasteiger partial charge in [0.2, 0.25) is 0 Å². The summed E-state index contributed by atoms with van der Waals surface area (Å²) < 4.78 is 23.5. The van der Waals surface area contributed by atoms with E-state index in [4.69, 9.17) is 14.6 Å². The quantitative estimate of drug-likeness (QED) is 0.893. The number of ether oxygens (including phenoxy) is 2. The molecular formula is C14H16FNO5. The fourth-order valence-electron chi connectivity index (χ4n) is 2.19. The highest BCUT2D eigenvalue weighted by Crippen LogP contribution is 2.17. The fourth-order valence-corrected chi connectivity index (χ4v) is 2.19. The minimum absolute atomic E-state index is 0.0401. The first-order valence-corrected chi connectivity index (χ1v) is 6.43. The van der Waals surface area contributed by atoms with E-state index in [0.29, 0.717) is 0 Å². The highest BCUT2D eigenvalue weighted by atomic mass is 19.1. The smallest absolute Gasteiger partial charge is 0.328 e.